The fourth-order valence-electron chi connectivity index (χ4n) is 2.96. The van der Waals surface area contributed by atoms with E-state index in [0.717, 1.165) is 12.1 Å². The van der Waals surface area contributed by atoms with Crippen LogP contribution in [0.15, 0.2) is 24.5 Å². The van der Waals surface area contributed by atoms with Crippen molar-refractivity contribution in [2.45, 2.75) is 96.8 Å². The second-order valence-corrected chi connectivity index (χ2v) is 6.78. The van der Waals surface area contributed by atoms with Crippen LogP contribution in [0.3, 0.4) is 0 Å². The van der Waals surface area contributed by atoms with Crippen molar-refractivity contribution in [3.8, 4) is 0 Å². The summed E-state index contributed by atoms with van der Waals surface area (Å²) in [6.45, 7) is 2.27. The minimum atomic E-state index is 0.115. The van der Waals surface area contributed by atoms with Gasteiger partial charge in [0.15, 0.2) is 0 Å². The molecule has 1 N–H and O–H groups in total. The van der Waals surface area contributed by atoms with Crippen molar-refractivity contribution in [2.75, 3.05) is 5.32 Å². The first-order valence-corrected chi connectivity index (χ1v) is 10.0. The highest BCUT2D eigenvalue weighted by atomic mass is 16.1. The maximum Gasteiger partial charge on any atom is 0.224 e. The predicted molar refractivity (Wildman–Crippen MR) is 103 cm³/mol. The number of unbranched alkanes of at least 4 members (excludes halogenated alkanes) is 12. The molecule has 1 aromatic rings. The molecule has 3 nitrogen and oxygen atoms in total. The lowest BCUT2D eigenvalue weighted by molar-refractivity contribution is -0.116. The number of anilines is 1. The summed E-state index contributed by atoms with van der Waals surface area (Å²) in [5.74, 6) is 0.115. The number of carbonyl (C=O) groups is 1. The Morgan fingerprint density at radius 3 is 1.75 bits per heavy atom. The van der Waals surface area contributed by atoms with Gasteiger partial charge in [-0.15, -0.1) is 0 Å². The summed E-state index contributed by atoms with van der Waals surface area (Å²) < 4.78 is 0. The van der Waals surface area contributed by atoms with Gasteiger partial charge in [-0.1, -0.05) is 84.0 Å². The van der Waals surface area contributed by atoms with Gasteiger partial charge >= 0.3 is 0 Å². The molecule has 0 aliphatic heterocycles. The smallest absolute Gasteiger partial charge is 0.224 e. The predicted octanol–water partition coefficient (Wildman–Crippen LogP) is 6.50. The van der Waals surface area contributed by atoms with Crippen molar-refractivity contribution in [1.29, 1.82) is 0 Å². The largest absolute Gasteiger partial charge is 0.326 e. The average molecular weight is 333 g/mol. The summed E-state index contributed by atoms with van der Waals surface area (Å²) in [5, 5.41) is 2.91. The molecule has 0 unspecified atom stereocenters. The Hall–Kier alpha value is -1.38. The first kappa shape index (κ1) is 20.7. The second kappa shape index (κ2) is 15.2. The van der Waals surface area contributed by atoms with Gasteiger partial charge < -0.3 is 5.32 Å². The SMILES string of the molecule is CCCCCCCCCCCCCCCC(=O)Nc1ccncc1. The Morgan fingerprint density at radius 2 is 1.25 bits per heavy atom. The molecule has 0 aromatic carbocycles. The van der Waals surface area contributed by atoms with Crippen LogP contribution in [0.25, 0.3) is 0 Å². The number of carbonyl (C=O) groups excluding carboxylic acids is 1. The van der Waals surface area contributed by atoms with Gasteiger partial charge in [-0.3, -0.25) is 9.78 Å². The monoisotopic (exact) mass is 332 g/mol. The molecule has 1 rings (SSSR count). The molecule has 0 saturated carbocycles. The van der Waals surface area contributed by atoms with Crippen molar-refractivity contribution in [1.82, 2.24) is 4.98 Å². The lowest BCUT2D eigenvalue weighted by Crippen LogP contribution is -2.10. The fraction of sp³-hybridized carbons (Fsp3) is 0.714. The Morgan fingerprint density at radius 1 is 0.792 bits per heavy atom. The zero-order valence-electron chi connectivity index (χ0n) is 15.6. The Kier molecular flexibility index (Phi) is 13.1. The number of aromatic nitrogens is 1. The van der Waals surface area contributed by atoms with Crippen LogP contribution in [0.5, 0.6) is 0 Å². The highest BCUT2D eigenvalue weighted by molar-refractivity contribution is 5.90. The maximum atomic E-state index is 11.8. The van der Waals surface area contributed by atoms with Crippen molar-refractivity contribution in [2.24, 2.45) is 0 Å². The fourth-order valence-corrected chi connectivity index (χ4v) is 2.96. The Labute approximate surface area is 148 Å². The van der Waals surface area contributed by atoms with Crippen molar-refractivity contribution < 1.29 is 4.79 Å². The molecule has 1 heterocycles. The van der Waals surface area contributed by atoms with E-state index in [1.165, 1.54) is 77.0 Å². The first-order chi connectivity index (χ1) is 11.8. The van der Waals surface area contributed by atoms with E-state index in [0.29, 0.717) is 6.42 Å². The van der Waals surface area contributed by atoms with Crippen molar-refractivity contribution in [3.63, 3.8) is 0 Å². The maximum absolute atomic E-state index is 11.8. The molecule has 136 valence electrons. The first-order valence-electron chi connectivity index (χ1n) is 10.0. The topological polar surface area (TPSA) is 42.0 Å². The van der Waals surface area contributed by atoms with E-state index in [9.17, 15) is 4.79 Å². The van der Waals surface area contributed by atoms with E-state index in [2.05, 4.69) is 17.2 Å². The normalized spacial score (nSPS) is 10.7. The highest BCUT2D eigenvalue weighted by Crippen LogP contribution is 2.13. The van der Waals surface area contributed by atoms with Crippen LogP contribution >= 0.6 is 0 Å². The van der Waals surface area contributed by atoms with Gasteiger partial charge in [-0.2, -0.15) is 0 Å². The average Bonchev–Trinajstić information content (AvgIpc) is 2.60. The van der Waals surface area contributed by atoms with Crippen LogP contribution in [0.1, 0.15) is 96.8 Å². The number of hydrogen-bond acceptors (Lipinski definition) is 2. The number of rotatable bonds is 15. The second-order valence-electron chi connectivity index (χ2n) is 6.78. The number of nitrogens with zero attached hydrogens (tertiary/aromatic N) is 1. The van der Waals surface area contributed by atoms with Crippen LogP contribution in [-0.4, -0.2) is 10.9 Å². The highest BCUT2D eigenvalue weighted by Gasteiger charge is 2.01. The number of amides is 1. The van der Waals surface area contributed by atoms with Gasteiger partial charge in [-0.05, 0) is 18.6 Å². The molecular weight excluding hydrogens is 296 g/mol. The van der Waals surface area contributed by atoms with Gasteiger partial charge in [0, 0.05) is 24.5 Å². The molecule has 0 bridgehead atoms. The molecule has 0 saturated heterocycles. The zero-order chi connectivity index (χ0) is 17.3. The van der Waals surface area contributed by atoms with Crippen LogP contribution in [0.2, 0.25) is 0 Å². The minimum absolute atomic E-state index is 0.115. The van der Waals surface area contributed by atoms with E-state index < -0.39 is 0 Å². The summed E-state index contributed by atoms with van der Waals surface area (Å²) in [4.78, 5) is 15.7. The van der Waals surface area contributed by atoms with Gasteiger partial charge in [-0.25, -0.2) is 0 Å². The Balaban J connectivity index is 1.81. The molecular formula is C21H36N2O. The summed E-state index contributed by atoms with van der Waals surface area (Å²) in [6, 6.07) is 3.64. The van der Waals surface area contributed by atoms with E-state index in [4.69, 9.17) is 0 Å². The quantitative estimate of drug-likeness (QED) is 0.372. The van der Waals surface area contributed by atoms with Gasteiger partial charge in [0.25, 0.3) is 0 Å². The third-order valence-corrected chi connectivity index (χ3v) is 4.47. The third kappa shape index (κ3) is 12.1. The molecule has 3 heteroatoms. The van der Waals surface area contributed by atoms with E-state index in [1.807, 2.05) is 12.1 Å². The molecule has 0 aliphatic rings. The van der Waals surface area contributed by atoms with Crippen LogP contribution in [0, 0.1) is 0 Å². The minimum Gasteiger partial charge on any atom is -0.326 e. The molecule has 0 aliphatic carbocycles. The molecule has 0 fully saturated rings. The molecule has 1 amide bonds. The lowest BCUT2D eigenvalue weighted by Gasteiger charge is -2.05. The molecule has 24 heavy (non-hydrogen) atoms. The number of nitrogens with one attached hydrogen (secondary N) is 1. The lowest BCUT2D eigenvalue weighted by atomic mass is 10.0. The standard InChI is InChI=1S/C21H36N2O/c1-2-3-4-5-6-7-8-9-10-11-12-13-14-15-21(24)23-20-16-18-22-19-17-20/h16-19H,2-15H2,1H3,(H,22,23,24). The molecule has 0 spiro atoms. The van der Waals surface area contributed by atoms with Gasteiger partial charge in [0.2, 0.25) is 5.91 Å². The van der Waals surface area contributed by atoms with E-state index in [1.54, 1.807) is 12.4 Å². The van der Waals surface area contributed by atoms with E-state index >= 15 is 0 Å². The third-order valence-electron chi connectivity index (χ3n) is 4.47. The van der Waals surface area contributed by atoms with Gasteiger partial charge in [0.1, 0.15) is 0 Å². The van der Waals surface area contributed by atoms with E-state index in [-0.39, 0.29) is 5.91 Å². The van der Waals surface area contributed by atoms with Crippen molar-refractivity contribution in [3.05, 3.63) is 24.5 Å². The molecule has 1 aromatic heterocycles. The summed E-state index contributed by atoms with van der Waals surface area (Å²) in [5.41, 5.74) is 0.838. The van der Waals surface area contributed by atoms with Gasteiger partial charge in [0.05, 0.1) is 0 Å². The molecule has 0 atom stereocenters. The van der Waals surface area contributed by atoms with Crippen molar-refractivity contribution >= 4 is 11.6 Å². The zero-order valence-corrected chi connectivity index (χ0v) is 15.6. The van der Waals surface area contributed by atoms with Crippen LogP contribution < -0.4 is 5.32 Å². The summed E-state index contributed by atoms with van der Waals surface area (Å²) in [7, 11) is 0. The summed E-state index contributed by atoms with van der Waals surface area (Å²) in [6.07, 6.45) is 21.3. The van der Waals surface area contributed by atoms with Crippen LogP contribution in [-0.2, 0) is 4.79 Å². The molecule has 0 radical (unpaired) electrons. The number of pyridine rings is 1. The van der Waals surface area contributed by atoms with Crippen LogP contribution in [0.4, 0.5) is 5.69 Å². The number of hydrogen-bond donors (Lipinski definition) is 1. The summed E-state index contributed by atoms with van der Waals surface area (Å²) >= 11 is 0. The Bertz CT molecular complexity index is 406.